The molecule has 0 aromatic carbocycles. The highest BCUT2D eigenvalue weighted by molar-refractivity contribution is 5.67. The molecule has 4 nitrogen and oxygen atoms in total. The number of aromatic nitrogens is 1. The Morgan fingerprint density at radius 1 is 1.71 bits per heavy atom. The maximum absolute atomic E-state index is 11.2. The first kappa shape index (κ1) is 9.40. The largest absolute Gasteiger partial charge is 0.359 e. The molecule has 2 rings (SSSR count). The Morgan fingerprint density at radius 2 is 2.50 bits per heavy atom. The van der Waals surface area contributed by atoms with E-state index in [0.717, 1.165) is 31.4 Å². The summed E-state index contributed by atoms with van der Waals surface area (Å²) in [6, 6.07) is 1.84. The topological polar surface area (TPSA) is 46.3 Å². The van der Waals surface area contributed by atoms with Crippen LogP contribution in [0, 0.1) is 6.92 Å². The third kappa shape index (κ3) is 1.18. The van der Waals surface area contributed by atoms with E-state index in [-0.39, 0.29) is 0 Å². The fraction of sp³-hybridized carbons (Fsp3) is 0.600. The number of rotatable bonds is 2. The lowest BCUT2D eigenvalue weighted by Crippen LogP contribution is -2.39. The van der Waals surface area contributed by atoms with Gasteiger partial charge in [-0.1, -0.05) is 5.16 Å². The molecule has 0 amide bonds. The van der Waals surface area contributed by atoms with Crippen molar-refractivity contribution in [3.63, 3.8) is 0 Å². The molecule has 0 unspecified atom stereocenters. The second-order valence-corrected chi connectivity index (χ2v) is 3.90. The molecule has 1 saturated heterocycles. The van der Waals surface area contributed by atoms with Crippen LogP contribution in [0.3, 0.4) is 0 Å². The molecule has 1 fully saturated rings. The lowest BCUT2D eigenvalue weighted by Gasteiger charge is -2.27. The molecular formula is C10H14N2O2. The molecule has 2 heterocycles. The summed E-state index contributed by atoms with van der Waals surface area (Å²) in [7, 11) is 1.94. The van der Waals surface area contributed by atoms with Crippen molar-refractivity contribution in [2.24, 2.45) is 0 Å². The predicted molar refractivity (Wildman–Crippen MR) is 50.8 cm³/mol. The van der Waals surface area contributed by atoms with Gasteiger partial charge in [-0.2, -0.15) is 0 Å². The van der Waals surface area contributed by atoms with Crippen LogP contribution in [0.2, 0.25) is 0 Å². The summed E-state index contributed by atoms with van der Waals surface area (Å²) < 4.78 is 5.19. The maximum Gasteiger partial charge on any atom is 0.164 e. The van der Waals surface area contributed by atoms with Crippen LogP contribution in [0.15, 0.2) is 10.6 Å². The lowest BCUT2D eigenvalue weighted by molar-refractivity contribution is -0.118. The molecule has 0 N–H and O–H groups in total. The van der Waals surface area contributed by atoms with E-state index in [1.165, 1.54) is 0 Å². The predicted octanol–water partition coefficient (Wildman–Crippen LogP) is 1.10. The van der Waals surface area contributed by atoms with Gasteiger partial charge < -0.3 is 9.32 Å². The number of aryl methyl sites for hydroxylation is 1. The molecule has 1 aliphatic rings. The summed E-state index contributed by atoms with van der Waals surface area (Å²) >= 11 is 0. The van der Waals surface area contributed by atoms with E-state index in [9.17, 15) is 4.79 Å². The molecular weight excluding hydrogens is 180 g/mol. The molecule has 0 radical (unpaired) electrons. The SMILES string of the molecule is Cc1cc([C@]2(C=O)CCCN2C)on1. The van der Waals surface area contributed by atoms with Crippen molar-refractivity contribution >= 4 is 6.29 Å². The number of aldehydes is 1. The minimum Gasteiger partial charge on any atom is -0.359 e. The van der Waals surface area contributed by atoms with E-state index in [4.69, 9.17) is 4.52 Å². The first-order valence-electron chi connectivity index (χ1n) is 4.80. The first-order chi connectivity index (χ1) is 6.69. The molecule has 0 bridgehead atoms. The zero-order chi connectivity index (χ0) is 10.2. The second-order valence-electron chi connectivity index (χ2n) is 3.90. The Hall–Kier alpha value is -1.16. The highest BCUT2D eigenvalue weighted by atomic mass is 16.5. The Labute approximate surface area is 82.9 Å². The maximum atomic E-state index is 11.2. The van der Waals surface area contributed by atoms with Gasteiger partial charge in [0.2, 0.25) is 0 Å². The Balaban J connectivity index is 2.42. The van der Waals surface area contributed by atoms with Crippen LogP contribution in [-0.4, -0.2) is 29.9 Å². The summed E-state index contributed by atoms with van der Waals surface area (Å²) in [5.41, 5.74) is 0.253. The second kappa shape index (κ2) is 3.20. The number of carbonyl (C=O) groups is 1. The molecule has 1 aliphatic heterocycles. The average molecular weight is 194 g/mol. The van der Waals surface area contributed by atoms with Gasteiger partial charge in [-0.15, -0.1) is 0 Å². The van der Waals surface area contributed by atoms with E-state index < -0.39 is 5.54 Å². The fourth-order valence-corrected chi connectivity index (χ4v) is 2.06. The number of carbonyl (C=O) groups excluding carboxylic acids is 1. The van der Waals surface area contributed by atoms with Crippen LogP contribution < -0.4 is 0 Å². The zero-order valence-corrected chi connectivity index (χ0v) is 8.49. The van der Waals surface area contributed by atoms with E-state index in [1.807, 2.05) is 24.9 Å². The van der Waals surface area contributed by atoms with Gasteiger partial charge in [-0.25, -0.2) is 0 Å². The van der Waals surface area contributed by atoms with Gasteiger partial charge in [0.15, 0.2) is 5.76 Å². The van der Waals surface area contributed by atoms with Crippen molar-refractivity contribution in [1.29, 1.82) is 0 Å². The van der Waals surface area contributed by atoms with E-state index in [0.29, 0.717) is 5.76 Å². The number of likely N-dealkylation sites (N-methyl/N-ethyl adjacent to an activating group) is 1. The summed E-state index contributed by atoms with van der Waals surface area (Å²) in [5, 5.41) is 3.83. The zero-order valence-electron chi connectivity index (χ0n) is 8.49. The molecule has 1 aromatic heterocycles. The minimum absolute atomic E-state index is 0.568. The van der Waals surface area contributed by atoms with E-state index in [1.54, 1.807) is 0 Å². The summed E-state index contributed by atoms with van der Waals surface area (Å²) in [6.45, 7) is 2.79. The summed E-state index contributed by atoms with van der Waals surface area (Å²) in [4.78, 5) is 13.2. The van der Waals surface area contributed by atoms with Gasteiger partial charge in [-0.3, -0.25) is 4.90 Å². The Morgan fingerprint density at radius 3 is 2.93 bits per heavy atom. The molecule has 14 heavy (non-hydrogen) atoms. The third-order valence-electron chi connectivity index (χ3n) is 2.98. The number of hydrogen-bond donors (Lipinski definition) is 0. The van der Waals surface area contributed by atoms with Crippen molar-refractivity contribution < 1.29 is 9.32 Å². The lowest BCUT2D eigenvalue weighted by atomic mass is 9.95. The Bertz CT molecular complexity index is 348. The molecule has 0 spiro atoms. The van der Waals surface area contributed by atoms with Crippen LogP contribution in [0.5, 0.6) is 0 Å². The van der Waals surface area contributed by atoms with E-state index >= 15 is 0 Å². The summed E-state index contributed by atoms with van der Waals surface area (Å²) in [6.07, 6.45) is 2.82. The molecule has 0 aliphatic carbocycles. The first-order valence-corrected chi connectivity index (χ1v) is 4.80. The molecule has 1 aromatic rings. The normalized spacial score (nSPS) is 28.1. The number of hydrogen-bond acceptors (Lipinski definition) is 4. The van der Waals surface area contributed by atoms with Crippen molar-refractivity contribution in [2.75, 3.05) is 13.6 Å². The van der Waals surface area contributed by atoms with Crippen LogP contribution in [-0.2, 0) is 10.3 Å². The standard InChI is InChI=1S/C10H14N2O2/c1-8-6-9(14-11-8)10(7-13)4-3-5-12(10)2/h6-7H,3-5H2,1-2H3/t10-/m1/s1. The van der Waals surface area contributed by atoms with Gasteiger partial charge in [0.25, 0.3) is 0 Å². The smallest absolute Gasteiger partial charge is 0.164 e. The van der Waals surface area contributed by atoms with Crippen LogP contribution in [0.4, 0.5) is 0 Å². The van der Waals surface area contributed by atoms with Crippen LogP contribution in [0.1, 0.15) is 24.3 Å². The monoisotopic (exact) mass is 194 g/mol. The van der Waals surface area contributed by atoms with Crippen molar-refractivity contribution in [3.8, 4) is 0 Å². The number of nitrogens with zero attached hydrogens (tertiary/aromatic N) is 2. The van der Waals surface area contributed by atoms with Crippen molar-refractivity contribution in [1.82, 2.24) is 10.1 Å². The van der Waals surface area contributed by atoms with Gasteiger partial charge in [-0.05, 0) is 33.4 Å². The van der Waals surface area contributed by atoms with E-state index in [2.05, 4.69) is 5.16 Å². The van der Waals surface area contributed by atoms with Gasteiger partial charge in [0.05, 0.1) is 5.69 Å². The summed E-state index contributed by atoms with van der Waals surface area (Å²) in [5.74, 6) is 0.671. The van der Waals surface area contributed by atoms with Crippen LogP contribution >= 0.6 is 0 Å². The molecule has 4 heteroatoms. The van der Waals surface area contributed by atoms with Gasteiger partial charge in [0, 0.05) is 6.07 Å². The third-order valence-corrected chi connectivity index (χ3v) is 2.98. The number of likely N-dealkylation sites (tertiary alicyclic amines) is 1. The minimum atomic E-state index is -0.568. The highest BCUT2D eigenvalue weighted by Crippen LogP contribution is 2.35. The molecule has 1 atom stereocenters. The molecule has 76 valence electrons. The quantitative estimate of drug-likeness (QED) is 0.661. The van der Waals surface area contributed by atoms with Crippen molar-refractivity contribution in [3.05, 3.63) is 17.5 Å². The fourth-order valence-electron chi connectivity index (χ4n) is 2.06. The highest BCUT2D eigenvalue weighted by Gasteiger charge is 2.43. The van der Waals surface area contributed by atoms with Gasteiger partial charge in [0.1, 0.15) is 11.8 Å². The van der Waals surface area contributed by atoms with Gasteiger partial charge >= 0.3 is 0 Å². The van der Waals surface area contributed by atoms with Crippen molar-refractivity contribution in [2.45, 2.75) is 25.3 Å². The molecule has 0 saturated carbocycles. The average Bonchev–Trinajstić information content (AvgIpc) is 2.73. The van der Waals surface area contributed by atoms with Crippen LogP contribution in [0.25, 0.3) is 0 Å². The Kier molecular flexibility index (Phi) is 2.15.